The van der Waals surface area contributed by atoms with Crippen LogP contribution in [0.15, 0.2) is 41.3 Å². The molecule has 1 amide bonds. The van der Waals surface area contributed by atoms with E-state index in [1.54, 1.807) is 26.0 Å². The Morgan fingerprint density at radius 1 is 1.04 bits per heavy atom. The van der Waals surface area contributed by atoms with E-state index in [1.807, 2.05) is 0 Å². The summed E-state index contributed by atoms with van der Waals surface area (Å²) in [6, 6.07) is 8.78. The van der Waals surface area contributed by atoms with Gasteiger partial charge in [-0.3, -0.25) is 4.79 Å². The van der Waals surface area contributed by atoms with E-state index in [9.17, 15) is 18.0 Å². The van der Waals surface area contributed by atoms with E-state index < -0.39 is 21.9 Å². The molecule has 0 atom stereocenters. The molecule has 3 rings (SSSR count). The molecule has 142 valence electrons. The lowest BCUT2D eigenvalue weighted by Crippen LogP contribution is -2.26. The Morgan fingerprint density at radius 3 is 2.33 bits per heavy atom. The summed E-state index contributed by atoms with van der Waals surface area (Å²) in [5.74, 6) is -1.59. The lowest BCUT2D eigenvalue weighted by molar-refractivity contribution is 0.0696. The highest BCUT2D eigenvalue weighted by Gasteiger charge is 2.28. The zero-order valence-electron chi connectivity index (χ0n) is 14.9. The van der Waals surface area contributed by atoms with E-state index in [0.717, 1.165) is 12.8 Å². The maximum Gasteiger partial charge on any atom is 0.335 e. The molecule has 8 heteroatoms. The number of carboxylic acid groups (broad SMARTS) is 1. The number of rotatable bonds is 6. The highest BCUT2D eigenvalue weighted by atomic mass is 32.2. The summed E-state index contributed by atoms with van der Waals surface area (Å²) in [6.45, 7) is 3.45. The first-order chi connectivity index (χ1) is 12.7. The molecule has 27 heavy (non-hydrogen) atoms. The summed E-state index contributed by atoms with van der Waals surface area (Å²) >= 11 is 0. The molecule has 2 aromatic rings. The van der Waals surface area contributed by atoms with Gasteiger partial charge in [-0.1, -0.05) is 12.1 Å². The number of aryl methyl sites for hydroxylation is 2. The smallest absolute Gasteiger partial charge is 0.335 e. The standard InChI is InChI=1S/C19H20N2O5S/c1-11-4-8-15(27(25,26)21-14-6-7-14)10-16(11)18(22)20-17-9-13(19(23)24)5-3-12(17)2/h3-5,8-10,14,21H,6-7H2,1-2H3,(H,20,22)(H,23,24). The number of carboxylic acids is 1. The third kappa shape index (κ3) is 4.35. The van der Waals surface area contributed by atoms with Crippen molar-refractivity contribution in [2.75, 3.05) is 5.32 Å². The van der Waals surface area contributed by atoms with Gasteiger partial charge in [-0.05, 0) is 62.1 Å². The van der Waals surface area contributed by atoms with E-state index in [1.165, 1.54) is 24.3 Å². The van der Waals surface area contributed by atoms with Gasteiger partial charge in [-0.15, -0.1) is 0 Å². The van der Waals surface area contributed by atoms with Crippen molar-refractivity contribution in [1.29, 1.82) is 0 Å². The second-order valence-corrected chi connectivity index (χ2v) is 8.38. The zero-order valence-corrected chi connectivity index (χ0v) is 15.8. The van der Waals surface area contributed by atoms with Gasteiger partial charge in [0.25, 0.3) is 5.91 Å². The molecule has 0 bridgehead atoms. The fourth-order valence-electron chi connectivity index (χ4n) is 2.58. The van der Waals surface area contributed by atoms with E-state index in [0.29, 0.717) is 16.8 Å². The molecule has 0 aromatic heterocycles. The van der Waals surface area contributed by atoms with Crippen molar-refractivity contribution in [3.05, 3.63) is 58.7 Å². The molecule has 1 saturated carbocycles. The van der Waals surface area contributed by atoms with Gasteiger partial charge in [0.15, 0.2) is 0 Å². The lowest BCUT2D eigenvalue weighted by Gasteiger charge is -2.13. The van der Waals surface area contributed by atoms with Crippen LogP contribution in [0.1, 0.15) is 44.7 Å². The number of anilines is 1. The van der Waals surface area contributed by atoms with Crippen molar-refractivity contribution in [2.45, 2.75) is 37.6 Å². The van der Waals surface area contributed by atoms with Gasteiger partial charge in [0.1, 0.15) is 0 Å². The Hall–Kier alpha value is -2.71. The van der Waals surface area contributed by atoms with Gasteiger partial charge in [0, 0.05) is 17.3 Å². The average molecular weight is 388 g/mol. The summed E-state index contributed by atoms with van der Waals surface area (Å²) in [5.41, 5.74) is 1.95. The van der Waals surface area contributed by atoms with Gasteiger partial charge in [0.05, 0.1) is 10.5 Å². The Kier molecular flexibility index (Phi) is 5.03. The number of amides is 1. The van der Waals surface area contributed by atoms with Crippen molar-refractivity contribution < 1.29 is 23.1 Å². The van der Waals surface area contributed by atoms with Crippen LogP contribution in [0.2, 0.25) is 0 Å². The predicted octanol–water partition coefficient (Wildman–Crippen LogP) is 2.69. The SMILES string of the molecule is Cc1ccc(C(=O)O)cc1NC(=O)c1cc(S(=O)(=O)NC2CC2)ccc1C. The first-order valence-corrected chi connectivity index (χ1v) is 9.94. The van der Waals surface area contributed by atoms with E-state index in [-0.39, 0.29) is 22.1 Å². The highest BCUT2D eigenvalue weighted by molar-refractivity contribution is 7.89. The monoisotopic (exact) mass is 388 g/mol. The number of sulfonamides is 1. The second kappa shape index (κ2) is 7.13. The maximum atomic E-state index is 12.7. The van der Waals surface area contributed by atoms with Gasteiger partial charge < -0.3 is 10.4 Å². The molecule has 0 saturated heterocycles. The molecule has 0 spiro atoms. The minimum absolute atomic E-state index is 0.0289. The number of aromatic carboxylic acids is 1. The van der Waals surface area contributed by atoms with E-state index in [2.05, 4.69) is 10.0 Å². The fourth-order valence-corrected chi connectivity index (χ4v) is 3.91. The van der Waals surface area contributed by atoms with Crippen LogP contribution in [0.4, 0.5) is 5.69 Å². The van der Waals surface area contributed by atoms with Crippen LogP contribution < -0.4 is 10.0 Å². The Morgan fingerprint density at radius 2 is 1.70 bits per heavy atom. The first kappa shape index (κ1) is 19.1. The maximum absolute atomic E-state index is 12.7. The quantitative estimate of drug-likeness (QED) is 0.704. The summed E-state index contributed by atoms with van der Waals surface area (Å²) < 4.78 is 27.4. The summed E-state index contributed by atoms with van der Waals surface area (Å²) in [7, 11) is -3.68. The van der Waals surface area contributed by atoms with Crippen LogP contribution in [0, 0.1) is 13.8 Å². The van der Waals surface area contributed by atoms with Crippen LogP contribution >= 0.6 is 0 Å². The molecular weight excluding hydrogens is 368 g/mol. The molecule has 0 aliphatic heterocycles. The minimum atomic E-state index is -3.68. The lowest BCUT2D eigenvalue weighted by atomic mass is 10.1. The number of benzene rings is 2. The van der Waals surface area contributed by atoms with Crippen molar-refractivity contribution >= 4 is 27.6 Å². The molecule has 1 aliphatic carbocycles. The van der Waals surface area contributed by atoms with Crippen molar-refractivity contribution in [3.8, 4) is 0 Å². The fraction of sp³-hybridized carbons (Fsp3) is 0.263. The molecule has 2 aromatic carbocycles. The number of nitrogens with one attached hydrogen (secondary N) is 2. The van der Waals surface area contributed by atoms with Crippen LogP contribution in [0.3, 0.4) is 0 Å². The zero-order chi connectivity index (χ0) is 19.8. The first-order valence-electron chi connectivity index (χ1n) is 8.45. The van der Waals surface area contributed by atoms with Gasteiger partial charge in [0.2, 0.25) is 10.0 Å². The largest absolute Gasteiger partial charge is 0.478 e. The Labute approximate surface area is 157 Å². The van der Waals surface area contributed by atoms with Crippen LogP contribution in [0.5, 0.6) is 0 Å². The second-order valence-electron chi connectivity index (χ2n) is 6.66. The molecule has 3 N–H and O–H groups in total. The molecule has 0 unspecified atom stereocenters. The average Bonchev–Trinajstić information content (AvgIpc) is 3.40. The molecule has 0 heterocycles. The third-order valence-corrected chi connectivity index (χ3v) is 5.91. The van der Waals surface area contributed by atoms with Gasteiger partial charge >= 0.3 is 5.97 Å². The van der Waals surface area contributed by atoms with Crippen molar-refractivity contribution in [3.63, 3.8) is 0 Å². The normalized spacial score (nSPS) is 14.0. The molecular formula is C19H20N2O5S. The number of carbonyl (C=O) groups excluding carboxylic acids is 1. The Bertz CT molecular complexity index is 1030. The van der Waals surface area contributed by atoms with Crippen LogP contribution in [-0.2, 0) is 10.0 Å². The number of hydrogen-bond acceptors (Lipinski definition) is 4. The molecule has 7 nitrogen and oxygen atoms in total. The highest BCUT2D eigenvalue weighted by Crippen LogP contribution is 2.24. The summed E-state index contributed by atoms with van der Waals surface area (Å²) in [5, 5.41) is 11.8. The van der Waals surface area contributed by atoms with Gasteiger partial charge in [-0.25, -0.2) is 17.9 Å². The minimum Gasteiger partial charge on any atom is -0.478 e. The van der Waals surface area contributed by atoms with Crippen LogP contribution in [0.25, 0.3) is 0 Å². The molecule has 1 aliphatic rings. The van der Waals surface area contributed by atoms with E-state index in [4.69, 9.17) is 5.11 Å². The van der Waals surface area contributed by atoms with Crippen molar-refractivity contribution in [2.24, 2.45) is 0 Å². The predicted molar refractivity (Wildman–Crippen MR) is 101 cm³/mol. The summed E-state index contributed by atoms with van der Waals surface area (Å²) in [4.78, 5) is 23.9. The third-order valence-electron chi connectivity index (χ3n) is 4.40. The Balaban J connectivity index is 1.90. The molecule has 1 fully saturated rings. The van der Waals surface area contributed by atoms with Gasteiger partial charge in [-0.2, -0.15) is 0 Å². The van der Waals surface area contributed by atoms with Crippen molar-refractivity contribution in [1.82, 2.24) is 4.72 Å². The van der Waals surface area contributed by atoms with E-state index >= 15 is 0 Å². The summed E-state index contributed by atoms with van der Waals surface area (Å²) in [6.07, 6.45) is 1.63. The topological polar surface area (TPSA) is 113 Å². The number of hydrogen-bond donors (Lipinski definition) is 3. The number of carbonyl (C=O) groups is 2. The molecule has 0 radical (unpaired) electrons. The van der Waals surface area contributed by atoms with Crippen LogP contribution in [-0.4, -0.2) is 31.4 Å².